The fraction of sp³-hybridized carbons (Fsp3) is 0.308. The van der Waals surface area contributed by atoms with Gasteiger partial charge in [-0.25, -0.2) is 4.98 Å². The van der Waals surface area contributed by atoms with E-state index in [1.165, 1.54) is 6.07 Å². The monoisotopic (exact) mass is 296 g/mol. The summed E-state index contributed by atoms with van der Waals surface area (Å²) in [5.41, 5.74) is 0.200. The summed E-state index contributed by atoms with van der Waals surface area (Å²) in [5, 5.41) is 13.4. The first-order valence-corrected chi connectivity index (χ1v) is 6.86. The predicted octanol–water partition coefficient (Wildman–Crippen LogP) is 3.89. The van der Waals surface area contributed by atoms with Crippen molar-refractivity contribution >= 4 is 17.0 Å². The van der Waals surface area contributed by atoms with Gasteiger partial charge in [0.05, 0.1) is 15.6 Å². The Morgan fingerprint density at radius 2 is 2.25 bits per heavy atom. The normalized spacial score (nSPS) is 10.8. The average Bonchev–Trinajstić information content (AvgIpc) is 2.85. The van der Waals surface area contributed by atoms with E-state index >= 15 is 0 Å². The fourth-order valence-electron chi connectivity index (χ4n) is 1.54. The minimum Gasteiger partial charge on any atom is -0.487 e. The Hall–Kier alpha value is -2.02. The molecule has 0 saturated heterocycles. The molecule has 0 spiro atoms. The number of nitro benzene ring substituents is 1. The third-order valence-corrected chi connectivity index (χ3v) is 3.76. The molecule has 0 bridgehead atoms. The molecule has 1 aromatic heterocycles. The SMILES string of the molecule is CC(C)c1nc(COc2ccc([N+](=O)[O-])c(F)c2)cs1. The Kier molecular flexibility index (Phi) is 4.29. The van der Waals surface area contributed by atoms with Crippen LogP contribution in [0.1, 0.15) is 30.5 Å². The van der Waals surface area contributed by atoms with Crippen LogP contribution >= 0.6 is 11.3 Å². The Labute approximate surface area is 119 Å². The number of nitrogens with zero attached hydrogens (tertiary/aromatic N) is 2. The van der Waals surface area contributed by atoms with Crippen LogP contribution in [0, 0.1) is 15.9 Å². The lowest BCUT2D eigenvalue weighted by Gasteiger charge is -2.04. The van der Waals surface area contributed by atoms with Gasteiger partial charge in [0, 0.05) is 23.4 Å². The molecule has 106 valence electrons. The average molecular weight is 296 g/mol. The second kappa shape index (κ2) is 5.96. The zero-order chi connectivity index (χ0) is 14.7. The lowest BCUT2D eigenvalue weighted by atomic mass is 10.2. The highest BCUT2D eigenvalue weighted by molar-refractivity contribution is 7.09. The number of hydrogen-bond donors (Lipinski definition) is 0. The number of benzene rings is 1. The minimum absolute atomic E-state index is 0.209. The van der Waals surface area contributed by atoms with Gasteiger partial charge in [-0.15, -0.1) is 11.3 Å². The molecular weight excluding hydrogens is 283 g/mol. The first-order chi connectivity index (χ1) is 9.47. The molecule has 0 atom stereocenters. The first kappa shape index (κ1) is 14.4. The maximum absolute atomic E-state index is 13.4. The summed E-state index contributed by atoms with van der Waals surface area (Å²) >= 11 is 1.55. The maximum atomic E-state index is 13.4. The quantitative estimate of drug-likeness (QED) is 0.620. The van der Waals surface area contributed by atoms with E-state index in [0.717, 1.165) is 22.8 Å². The second-order valence-electron chi connectivity index (χ2n) is 4.49. The number of rotatable bonds is 5. The van der Waals surface area contributed by atoms with Crippen molar-refractivity contribution in [2.75, 3.05) is 0 Å². The van der Waals surface area contributed by atoms with Gasteiger partial charge in [-0.2, -0.15) is 4.39 Å². The van der Waals surface area contributed by atoms with Gasteiger partial charge >= 0.3 is 5.69 Å². The minimum atomic E-state index is -0.909. The Morgan fingerprint density at radius 1 is 1.50 bits per heavy atom. The number of aromatic nitrogens is 1. The highest BCUT2D eigenvalue weighted by atomic mass is 32.1. The Balaban J connectivity index is 2.03. The smallest absolute Gasteiger partial charge is 0.305 e. The lowest BCUT2D eigenvalue weighted by molar-refractivity contribution is -0.387. The summed E-state index contributed by atoms with van der Waals surface area (Å²) < 4.78 is 18.8. The van der Waals surface area contributed by atoms with E-state index in [9.17, 15) is 14.5 Å². The van der Waals surface area contributed by atoms with Gasteiger partial charge in [-0.1, -0.05) is 13.8 Å². The zero-order valence-electron chi connectivity index (χ0n) is 11.0. The molecule has 0 aliphatic rings. The van der Waals surface area contributed by atoms with Crippen molar-refractivity contribution < 1.29 is 14.1 Å². The van der Waals surface area contributed by atoms with Crippen LogP contribution in [0.5, 0.6) is 5.75 Å². The molecular formula is C13H13FN2O3S. The summed E-state index contributed by atoms with van der Waals surface area (Å²) in [6.07, 6.45) is 0. The fourth-order valence-corrected chi connectivity index (χ4v) is 2.36. The Morgan fingerprint density at radius 3 is 2.80 bits per heavy atom. The third-order valence-electron chi connectivity index (χ3n) is 2.57. The summed E-state index contributed by atoms with van der Waals surface area (Å²) in [6.45, 7) is 4.31. The van der Waals surface area contributed by atoms with Gasteiger partial charge in [0.1, 0.15) is 12.4 Å². The van der Waals surface area contributed by atoms with Gasteiger partial charge in [0.15, 0.2) is 0 Å². The molecule has 0 amide bonds. The molecule has 0 radical (unpaired) electrons. The van der Waals surface area contributed by atoms with Crippen molar-refractivity contribution in [1.29, 1.82) is 0 Å². The van der Waals surface area contributed by atoms with Crippen LogP contribution < -0.4 is 4.74 Å². The standard InChI is InChI=1S/C13H13FN2O3S/c1-8(2)13-15-9(7-20-13)6-19-10-3-4-12(16(17)18)11(14)5-10/h3-5,7-8H,6H2,1-2H3. The van der Waals surface area contributed by atoms with Crippen molar-refractivity contribution in [2.45, 2.75) is 26.4 Å². The summed E-state index contributed by atoms with van der Waals surface area (Å²) in [6, 6.07) is 3.47. The molecule has 0 aliphatic heterocycles. The van der Waals surface area contributed by atoms with E-state index < -0.39 is 16.4 Å². The van der Waals surface area contributed by atoms with Crippen LogP contribution in [0.3, 0.4) is 0 Å². The molecule has 0 fully saturated rings. The van der Waals surface area contributed by atoms with Crippen LogP contribution in [0.25, 0.3) is 0 Å². The number of nitro groups is 1. The molecule has 2 aromatic rings. The predicted molar refractivity (Wildman–Crippen MR) is 73.6 cm³/mol. The van der Waals surface area contributed by atoms with Crippen molar-refractivity contribution in [3.8, 4) is 5.75 Å². The molecule has 2 rings (SSSR count). The molecule has 5 nitrogen and oxygen atoms in total. The summed E-state index contributed by atoms with van der Waals surface area (Å²) in [4.78, 5) is 14.1. The second-order valence-corrected chi connectivity index (χ2v) is 5.38. The van der Waals surface area contributed by atoms with Crippen LogP contribution in [0.4, 0.5) is 10.1 Å². The van der Waals surface area contributed by atoms with Crippen molar-refractivity contribution in [3.05, 3.63) is 50.2 Å². The molecule has 0 aliphatic carbocycles. The Bertz CT molecular complexity index is 628. The van der Waals surface area contributed by atoms with E-state index in [4.69, 9.17) is 4.74 Å². The first-order valence-electron chi connectivity index (χ1n) is 5.98. The molecule has 0 unspecified atom stereocenters. The molecule has 0 N–H and O–H groups in total. The number of halogens is 1. The lowest BCUT2D eigenvalue weighted by Crippen LogP contribution is -1.98. The molecule has 20 heavy (non-hydrogen) atoms. The van der Waals surface area contributed by atoms with Gasteiger partial charge in [0.25, 0.3) is 0 Å². The van der Waals surface area contributed by atoms with Crippen LogP contribution in [0.2, 0.25) is 0 Å². The van der Waals surface area contributed by atoms with E-state index in [-0.39, 0.29) is 12.4 Å². The molecule has 7 heteroatoms. The van der Waals surface area contributed by atoms with Crippen LogP contribution in [0.15, 0.2) is 23.6 Å². The maximum Gasteiger partial charge on any atom is 0.305 e. The van der Waals surface area contributed by atoms with Crippen molar-refractivity contribution in [3.63, 3.8) is 0 Å². The van der Waals surface area contributed by atoms with Gasteiger partial charge in [-0.05, 0) is 6.07 Å². The summed E-state index contributed by atoms with van der Waals surface area (Å²) in [5.74, 6) is -0.314. The van der Waals surface area contributed by atoms with Crippen LogP contribution in [-0.4, -0.2) is 9.91 Å². The molecule has 0 saturated carbocycles. The molecule has 1 aromatic carbocycles. The molecule has 1 heterocycles. The van der Waals surface area contributed by atoms with E-state index in [1.54, 1.807) is 11.3 Å². The summed E-state index contributed by atoms with van der Waals surface area (Å²) in [7, 11) is 0. The highest BCUT2D eigenvalue weighted by Gasteiger charge is 2.14. The topological polar surface area (TPSA) is 65.3 Å². The van der Waals surface area contributed by atoms with Gasteiger partial charge < -0.3 is 4.74 Å². The number of hydrogen-bond acceptors (Lipinski definition) is 5. The third kappa shape index (κ3) is 3.30. The van der Waals surface area contributed by atoms with Crippen molar-refractivity contribution in [2.24, 2.45) is 0 Å². The van der Waals surface area contributed by atoms with Gasteiger partial charge in [-0.3, -0.25) is 10.1 Å². The van der Waals surface area contributed by atoms with Crippen LogP contribution in [-0.2, 0) is 6.61 Å². The number of ether oxygens (including phenoxy) is 1. The van der Waals surface area contributed by atoms with E-state index in [2.05, 4.69) is 18.8 Å². The van der Waals surface area contributed by atoms with E-state index in [0.29, 0.717) is 5.92 Å². The van der Waals surface area contributed by atoms with E-state index in [1.807, 2.05) is 5.38 Å². The highest BCUT2D eigenvalue weighted by Crippen LogP contribution is 2.24. The zero-order valence-corrected chi connectivity index (χ0v) is 11.8. The van der Waals surface area contributed by atoms with Crippen molar-refractivity contribution in [1.82, 2.24) is 4.98 Å². The number of thiazole rings is 1. The van der Waals surface area contributed by atoms with Gasteiger partial charge in [0.2, 0.25) is 5.82 Å². The largest absolute Gasteiger partial charge is 0.487 e.